The molecule has 1 atom stereocenters. The van der Waals surface area contributed by atoms with Crippen LogP contribution in [-0.2, 0) is 11.3 Å². The maximum atomic E-state index is 11.3. The second kappa shape index (κ2) is 5.84. The predicted molar refractivity (Wildman–Crippen MR) is 71.7 cm³/mol. The molecule has 0 saturated carbocycles. The molecular weight excluding hydrogens is 248 g/mol. The SMILES string of the molecule is COC(=O)c1ccc(CNC(C)c2cccs2)[nH]1. The first-order valence-electron chi connectivity index (χ1n) is 5.73. The molecule has 2 aromatic rings. The van der Waals surface area contributed by atoms with E-state index in [1.165, 1.54) is 12.0 Å². The molecule has 0 aromatic carbocycles. The molecule has 0 bridgehead atoms. The summed E-state index contributed by atoms with van der Waals surface area (Å²) < 4.78 is 4.65. The molecule has 0 spiro atoms. The molecule has 2 heterocycles. The number of rotatable bonds is 5. The lowest BCUT2D eigenvalue weighted by Crippen LogP contribution is -2.17. The predicted octanol–water partition coefficient (Wildman–Crippen LogP) is 2.71. The highest BCUT2D eigenvalue weighted by molar-refractivity contribution is 7.10. The summed E-state index contributed by atoms with van der Waals surface area (Å²) in [7, 11) is 1.37. The molecule has 0 amide bonds. The van der Waals surface area contributed by atoms with Gasteiger partial charge in [0.25, 0.3) is 0 Å². The Kier molecular flexibility index (Phi) is 4.17. The Labute approximate surface area is 110 Å². The van der Waals surface area contributed by atoms with Crippen LogP contribution >= 0.6 is 11.3 Å². The number of nitrogens with one attached hydrogen (secondary N) is 2. The Bertz CT molecular complexity index is 505. The Morgan fingerprint density at radius 3 is 3.00 bits per heavy atom. The van der Waals surface area contributed by atoms with Crippen LogP contribution in [0.15, 0.2) is 29.6 Å². The second-order valence-electron chi connectivity index (χ2n) is 4.01. The van der Waals surface area contributed by atoms with Crippen molar-refractivity contribution in [3.8, 4) is 0 Å². The van der Waals surface area contributed by atoms with Crippen molar-refractivity contribution >= 4 is 17.3 Å². The van der Waals surface area contributed by atoms with Crippen molar-refractivity contribution in [1.29, 1.82) is 0 Å². The van der Waals surface area contributed by atoms with Gasteiger partial charge in [-0.2, -0.15) is 0 Å². The molecule has 0 aliphatic rings. The molecule has 96 valence electrons. The first-order valence-corrected chi connectivity index (χ1v) is 6.61. The van der Waals surface area contributed by atoms with Gasteiger partial charge in [0, 0.05) is 23.2 Å². The number of carbonyl (C=O) groups excluding carboxylic acids is 1. The average molecular weight is 264 g/mol. The van der Waals surface area contributed by atoms with E-state index in [2.05, 4.69) is 33.4 Å². The van der Waals surface area contributed by atoms with Gasteiger partial charge < -0.3 is 15.0 Å². The van der Waals surface area contributed by atoms with Gasteiger partial charge in [-0.25, -0.2) is 4.79 Å². The second-order valence-corrected chi connectivity index (χ2v) is 4.99. The summed E-state index contributed by atoms with van der Waals surface area (Å²) in [5.74, 6) is -0.340. The molecule has 4 nitrogen and oxygen atoms in total. The van der Waals surface area contributed by atoms with Crippen LogP contribution in [0.1, 0.15) is 34.0 Å². The highest BCUT2D eigenvalue weighted by atomic mass is 32.1. The molecule has 0 aliphatic heterocycles. The molecule has 0 aliphatic carbocycles. The quantitative estimate of drug-likeness (QED) is 0.816. The van der Waals surface area contributed by atoms with Crippen LogP contribution in [-0.4, -0.2) is 18.1 Å². The summed E-state index contributed by atoms with van der Waals surface area (Å²) in [5.41, 5.74) is 1.46. The third-order valence-corrected chi connectivity index (χ3v) is 3.78. The van der Waals surface area contributed by atoms with Crippen molar-refractivity contribution in [3.05, 3.63) is 45.9 Å². The molecule has 0 radical (unpaired) electrons. The van der Waals surface area contributed by atoms with Gasteiger partial charge in [0.15, 0.2) is 0 Å². The summed E-state index contributed by atoms with van der Waals surface area (Å²) in [4.78, 5) is 15.6. The number of hydrogen-bond acceptors (Lipinski definition) is 4. The van der Waals surface area contributed by atoms with Crippen molar-refractivity contribution in [1.82, 2.24) is 10.3 Å². The van der Waals surface area contributed by atoms with E-state index in [0.29, 0.717) is 18.3 Å². The Morgan fingerprint density at radius 1 is 1.50 bits per heavy atom. The van der Waals surface area contributed by atoms with Gasteiger partial charge in [-0.1, -0.05) is 6.07 Å². The van der Waals surface area contributed by atoms with E-state index in [-0.39, 0.29) is 5.97 Å². The maximum Gasteiger partial charge on any atom is 0.354 e. The van der Waals surface area contributed by atoms with Crippen LogP contribution < -0.4 is 5.32 Å². The Morgan fingerprint density at radius 2 is 2.33 bits per heavy atom. The van der Waals surface area contributed by atoms with Gasteiger partial charge in [-0.3, -0.25) is 0 Å². The van der Waals surface area contributed by atoms with Crippen LogP contribution in [0.5, 0.6) is 0 Å². The van der Waals surface area contributed by atoms with Crippen molar-refractivity contribution in [2.24, 2.45) is 0 Å². The summed E-state index contributed by atoms with van der Waals surface area (Å²) in [6.45, 7) is 2.81. The van der Waals surface area contributed by atoms with E-state index in [1.807, 2.05) is 12.1 Å². The molecule has 18 heavy (non-hydrogen) atoms. The number of hydrogen-bond donors (Lipinski definition) is 2. The highest BCUT2D eigenvalue weighted by Crippen LogP contribution is 2.18. The first kappa shape index (κ1) is 12.9. The smallest absolute Gasteiger partial charge is 0.354 e. The van der Waals surface area contributed by atoms with Crippen LogP contribution in [0.25, 0.3) is 0 Å². The summed E-state index contributed by atoms with van der Waals surface area (Å²) in [5, 5.41) is 5.47. The molecule has 2 rings (SSSR count). The van der Waals surface area contributed by atoms with Crippen molar-refractivity contribution < 1.29 is 9.53 Å². The van der Waals surface area contributed by atoms with Crippen molar-refractivity contribution in [3.63, 3.8) is 0 Å². The zero-order chi connectivity index (χ0) is 13.0. The van der Waals surface area contributed by atoms with Crippen LogP contribution in [0, 0.1) is 0 Å². The molecule has 2 N–H and O–H groups in total. The number of carbonyl (C=O) groups is 1. The summed E-state index contributed by atoms with van der Waals surface area (Å²) in [6.07, 6.45) is 0. The topological polar surface area (TPSA) is 54.1 Å². The minimum Gasteiger partial charge on any atom is -0.464 e. The average Bonchev–Trinajstić information content (AvgIpc) is 3.05. The van der Waals surface area contributed by atoms with Gasteiger partial charge in [-0.05, 0) is 30.5 Å². The van der Waals surface area contributed by atoms with Crippen molar-refractivity contribution in [2.45, 2.75) is 19.5 Å². The molecule has 0 saturated heterocycles. The Balaban J connectivity index is 1.90. The number of thiophene rings is 1. The number of H-pyrrole nitrogens is 1. The van der Waals surface area contributed by atoms with E-state index < -0.39 is 0 Å². The monoisotopic (exact) mass is 264 g/mol. The molecule has 1 unspecified atom stereocenters. The number of esters is 1. The minimum absolute atomic E-state index is 0.301. The summed E-state index contributed by atoms with van der Waals surface area (Å²) >= 11 is 1.73. The number of aromatic nitrogens is 1. The first-order chi connectivity index (χ1) is 8.70. The summed E-state index contributed by atoms with van der Waals surface area (Å²) in [6, 6.07) is 8.08. The standard InChI is InChI=1S/C13H16N2O2S/c1-9(12-4-3-7-18-12)14-8-10-5-6-11(15-10)13(16)17-2/h3-7,9,14-15H,8H2,1-2H3. The lowest BCUT2D eigenvalue weighted by molar-refractivity contribution is 0.0594. The number of methoxy groups -OCH3 is 1. The van der Waals surface area contributed by atoms with E-state index in [9.17, 15) is 4.79 Å². The lowest BCUT2D eigenvalue weighted by atomic mass is 10.2. The van der Waals surface area contributed by atoms with Crippen LogP contribution in [0.3, 0.4) is 0 Å². The van der Waals surface area contributed by atoms with E-state index in [0.717, 1.165) is 5.69 Å². The number of aromatic amines is 1. The van der Waals surface area contributed by atoms with Crippen LogP contribution in [0.4, 0.5) is 0 Å². The minimum atomic E-state index is -0.340. The zero-order valence-corrected chi connectivity index (χ0v) is 11.2. The van der Waals surface area contributed by atoms with Gasteiger partial charge in [0.05, 0.1) is 7.11 Å². The fourth-order valence-electron chi connectivity index (χ4n) is 1.67. The largest absolute Gasteiger partial charge is 0.464 e. The normalized spacial score (nSPS) is 12.3. The Hall–Kier alpha value is -1.59. The number of ether oxygens (including phenoxy) is 1. The maximum absolute atomic E-state index is 11.3. The highest BCUT2D eigenvalue weighted by Gasteiger charge is 2.09. The fourth-order valence-corrected chi connectivity index (χ4v) is 2.43. The van der Waals surface area contributed by atoms with Gasteiger partial charge in [0.1, 0.15) is 5.69 Å². The molecule has 2 aromatic heterocycles. The zero-order valence-electron chi connectivity index (χ0n) is 10.4. The van der Waals surface area contributed by atoms with Gasteiger partial charge >= 0.3 is 5.97 Å². The molecular formula is C13H16N2O2S. The third-order valence-electron chi connectivity index (χ3n) is 2.72. The van der Waals surface area contributed by atoms with Gasteiger partial charge in [-0.15, -0.1) is 11.3 Å². The molecule has 5 heteroatoms. The fraction of sp³-hybridized carbons (Fsp3) is 0.308. The van der Waals surface area contributed by atoms with Crippen LogP contribution in [0.2, 0.25) is 0 Å². The molecule has 0 fully saturated rings. The third kappa shape index (κ3) is 3.00. The van der Waals surface area contributed by atoms with E-state index in [1.54, 1.807) is 17.4 Å². The van der Waals surface area contributed by atoms with E-state index >= 15 is 0 Å². The lowest BCUT2D eigenvalue weighted by Gasteiger charge is -2.10. The van der Waals surface area contributed by atoms with Gasteiger partial charge in [0.2, 0.25) is 0 Å². The van der Waals surface area contributed by atoms with E-state index in [4.69, 9.17) is 0 Å². The van der Waals surface area contributed by atoms with Crippen molar-refractivity contribution in [2.75, 3.05) is 7.11 Å².